The van der Waals surface area contributed by atoms with E-state index in [0.717, 1.165) is 30.1 Å². The molecule has 0 bridgehead atoms. The number of aryl methyl sites for hydroxylation is 2. The zero-order valence-corrected chi connectivity index (χ0v) is 13.9. The smallest absolute Gasteiger partial charge is 0.0900 e. The summed E-state index contributed by atoms with van der Waals surface area (Å²) in [4.78, 5) is 5.83. The number of rotatable bonds is 7. The van der Waals surface area contributed by atoms with Gasteiger partial charge in [0.15, 0.2) is 0 Å². The molecule has 0 amide bonds. The molecule has 3 nitrogen and oxygen atoms in total. The van der Waals surface area contributed by atoms with Crippen molar-refractivity contribution < 1.29 is 0 Å². The topological polar surface area (TPSA) is 50.9 Å². The lowest BCUT2D eigenvalue weighted by Gasteiger charge is -2.15. The Morgan fingerprint density at radius 1 is 1.24 bits per heavy atom. The Morgan fingerprint density at radius 3 is 2.57 bits per heavy atom. The molecule has 0 spiro atoms. The van der Waals surface area contributed by atoms with E-state index in [1.54, 1.807) is 11.3 Å². The molecular formula is C17H25N3S. The van der Waals surface area contributed by atoms with Gasteiger partial charge in [-0.1, -0.05) is 30.3 Å². The Balaban J connectivity index is 1.73. The number of hydrogen-bond acceptors (Lipinski definition) is 4. The van der Waals surface area contributed by atoms with Crippen molar-refractivity contribution in [1.82, 2.24) is 10.3 Å². The van der Waals surface area contributed by atoms with Gasteiger partial charge in [0.25, 0.3) is 0 Å². The molecule has 2 aromatic rings. The third kappa shape index (κ3) is 4.63. The van der Waals surface area contributed by atoms with E-state index < -0.39 is 0 Å². The molecule has 114 valence electrons. The van der Waals surface area contributed by atoms with Gasteiger partial charge in [0, 0.05) is 17.0 Å². The Morgan fingerprint density at radius 2 is 1.95 bits per heavy atom. The molecule has 3 N–H and O–H groups in total. The first-order chi connectivity index (χ1) is 10.1. The second kappa shape index (κ2) is 7.69. The predicted molar refractivity (Wildman–Crippen MR) is 90.6 cm³/mol. The van der Waals surface area contributed by atoms with Crippen LogP contribution in [0, 0.1) is 13.8 Å². The van der Waals surface area contributed by atoms with Crippen molar-refractivity contribution in [3.8, 4) is 0 Å². The zero-order chi connectivity index (χ0) is 15.2. The molecule has 2 atom stereocenters. The molecule has 0 aliphatic rings. The van der Waals surface area contributed by atoms with E-state index in [0.29, 0.717) is 6.04 Å². The van der Waals surface area contributed by atoms with Crippen molar-refractivity contribution in [2.24, 2.45) is 5.73 Å². The molecule has 0 saturated carbocycles. The highest BCUT2D eigenvalue weighted by molar-refractivity contribution is 7.11. The van der Waals surface area contributed by atoms with E-state index in [4.69, 9.17) is 5.73 Å². The summed E-state index contributed by atoms with van der Waals surface area (Å²) >= 11 is 1.79. The number of thiazole rings is 1. The Hall–Kier alpha value is -1.23. The monoisotopic (exact) mass is 303 g/mol. The van der Waals surface area contributed by atoms with E-state index >= 15 is 0 Å². The molecule has 21 heavy (non-hydrogen) atoms. The van der Waals surface area contributed by atoms with Gasteiger partial charge in [0.1, 0.15) is 0 Å². The number of nitrogens with two attached hydrogens (primary N) is 1. The van der Waals surface area contributed by atoms with Crippen LogP contribution in [0.1, 0.15) is 53.0 Å². The van der Waals surface area contributed by atoms with Crippen LogP contribution < -0.4 is 11.1 Å². The van der Waals surface area contributed by atoms with E-state index in [9.17, 15) is 0 Å². The van der Waals surface area contributed by atoms with Crippen LogP contribution in [0.4, 0.5) is 0 Å². The van der Waals surface area contributed by atoms with E-state index in [1.807, 2.05) is 18.2 Å². The molecule has 0 aliphatic carbocycles. The molecule has 1 aromatic carbocycles. The molecular weight excluding hydrogens is 278 g/mol. The summed E-state index contributed by atoms with van der Waals surface area (Å²) in [5.41, 5.74) is 8.59. The molecule has 2 rings (SSSR count). The number of hydrogen-bond donors (Lipinski definition) is 2. The summed E-state index contributed by atoms with van der Waals surface area (Å²) < 4.78 is 0. The fraction of sp³-hybridized carbons (Fsp3) is 0.471. The maximum atomic E-state index is 6.21. The fourth-order valence-electron chi connectivity index (χ4n) is 2.55. The molecule has 1 heterocycles. The van der Waals surface area contributed by atoms with E-state index in [2.05, 4.69) is 43.2 Å². The molecule has 0 aliphatic heterocycles. The maximum absolute atomic E-state index is 6.21. The molecule has 1 aromatic heterocycles. The lowest BCUT2D eigenvalue weighted by atomic mass is 10.0. The number of benzene rings is 1. The van der Waals surface area contributed by atoms with Crippen molar-refractivity contribution >= 4 is 11.3 Å². The predicted octanol–water partition coefficient (Wildman–Crippen LogP) is 3.89. The van der Waals surface area contributed by atoms with Crippen LogP contribution in [0.2, 0.25) is 0 Å². The first kappa shape index (κ1) is 16.1. The second-order valence-electron chi connectivity index (χ2n) is 5.52. The van der Waals surface area contributed by atoms with Crippen molar-refractivity contribution in [2.45, 2.75) is 45.7 Å². The standard InChI is InChI=1S/C17H25N3S/c1-12(17-13(2)20-14(3)21-17)19-11-7-10-16(18)15-8-5-4-6-9-15/h4-6,8-9,12,16,19H,7,10-11,18H2,1-3H3. The maximum Gasteiger partial charge on any atom is 0.0900 e. The lowest BCUT2D eigenvalue weighted by Crippen LogP contribution is -2.21. The third-order valence-corrected chi connectivity index (χ3v) is 4.96. The van der Waals surface area contributed by atoms with Gasteiger partial charge in [-0.05, 0) is 45.7 Å². The summed E-state index contributed by atoms with van der Waals surface area (Å²) in [6.07, 6.45) is 2.08. The van der Waals surface area contributed by atoms with Crippen LogP contribution in [0.3, 0.4) is 0 Å². The lowest BCUT2D eigenvalue weighted by molar-refractivity contribution is 0.523. The third-order valence-electron chi connectivity index (χ3n) is 3.70. The first-order valence-corrected chi connectivity index (χ1v) is 8.37. The summed E-state index contributed by atoms with van der Waals surface area (Å²) in [6.45, 7) is 7.34. The molecule has 4 heteroatoms. The minimum absolute atomic E-state index is 0.135. The highest BCUT2D eigenvalue weighted by Gasteiger charge is 2.12. The fourth-order valence-corrected chi connectivity index (χ4v) is 3.50. The van der Waals surface area contributed by atoms with Crippen molar-refractivity contribution in [2.75, 3.05) is 6.54 Å². The largest absolute Gasteiger partial charge is 0.324 e. The minimum Gasteiger partial charge on any atom is -0.324 e. The van der Waals surface area contributed by atoms with Gasteiger partial charge in [-0.15, -0.1) is 11.3 Å². The number of nitrogens with zero attached hydrogens (tertiary/aromatic N) is 1. The number of aromatic nitrogens is 1. The summed E-state index contributed by atoms with van der Waals surface area (Å²) in [7, 11) is 0. The number of nitrogens with one attached hydrogen (secondary N) is 1. The molecule has 0 saturated heterocycles. The first-order valence-electron chi connectivity index (χ1n) is 7.55. The van der Waals surface area contributed by atoms with Crippen LogP contribution in [0.15, 0.2) is 30.3 Å². The van der Waals surface area contributed by atoms with Gasteiger partial charge in [0.05, 0.1) is 10.7 Å². The van der Waals surface area contributed by atoms with Gasteiger partial charge in [-0.25, -0.2) is 4.98 Å². The van der Waals surface area contributed by atoms with Crippen LogP contribution in [-0.2, 0) is 0 Å². The molecule has 2 unspecified atom stereocenters. The van der Waals surface area contributed by atoms with Crippen molar-refractivity contribution in [1.29, 1.82) is 0 Å². The quantitative estimate of drug-likeness (QED) is 0.763. The highest BCUT2D eigenvalue weighted by atomic mass is 32.1. The Kier molecular flexibility index (Phi) is 5.91. The summed E-state index contributed by atoms with van der Waals surface area (Å²) in [5.74, 6) is 0. The zero-order valence-electron chi connectivity index (χ0n) is 13.1. The van der Waals surface area contributed by atoms with Gasteiger partial charge in [-0.2, -0.15) is 0 Å². The average Bonchev–Trinajstić information content (AvgIpc) is 2.83. The van der Waals surface area contributed by atoms with Gasteiger partial charge < -0.3 is 11.1 Å². The van der Waals surface area contributed by atoms with Crippen LogP contribution in [0.5, 0.6) is 0 Å². The van der Waals surface area contributed by atoms with E-state index in [1.165, 1.54) is 10.4 Å². The van der Waals surface area contributed by atoms with Gasteiger partial charge in [-0.3, -0.25) is 0 Å². The van der Waals surface area contributed by atoms with Crippen LogP contribution in [0.25, 0.3) is 0 Å². The normalized spacial score (nSPS) is 14.1. The van der Waals surface area contributed by atoms with Gasteiger partial charge >= 0.3 is 0 Å². The summed E-state index contributed by atoms with van der Waals surface area (Å²) in [5, 5.41) is 4.72. The molecule has 0 fully saturated rings. The Bertz CT molecular complexity index is 550. The molecule has 0 radical (unpaired) electrons. The Labute approximate surface area is 131 Å². The minimum atomic E-state index is 0.135. The van der Waals surface area contributed by atoms with Crippen molar-refractivity contribution in [3.05, 3.63) is 51.5 Å². The van der Waals surface area contributed by atoms with Crippen molar-refractivity contribution in [3.63, 3.8) is 0 Å². The summed E-state index contributed by atoms with van der Waals surface area (Å²) in [6, 6.07) is 10.8. The second-order valence-corrected chi connectivity index (χ2v) is 6.75. The average molecular weight is 303 g/mol. The van der Waals surface area contributed by atoms with Crippen LogP contribution in [-0.4, -0.2) is 11.5 Å². The highest BCUT2D eigenvalue weighted by Crippen LogP contribution is 2.24. The van der Waals surface area contributed by atoms with Gasteiger partial charge in [0.2, 0.25) is 0 Å². The van der Waals surface area contributed by atoms with Crippen LogP contribution >= 0.6 is 11.3 Å². The van der Waals surface area contributed by atoms with E-state index in [-0.39, 0.29) is 6.04 Å². The SMILES string of the molecule is Cc1nc(C)c(C(C)NCCCC(N)c2ccccc2)s1.